The monoisotopic (exact) mass is 638 g/mol. The summed E-state index contributed by atoms with van der Waals surface area (Å²) in [5.74, 6) is -0.546. The zero-order chi connectivity index (χ0) is 32.4. The van der Waals surface area contributed by atoms with Crippen molar-refractivity contribution in [2.45, 2.75) is 38.9 Å². The van der Waals surface area contributed by atoms with Crippen LogP contribution in [0.15, 0.2) is 85.5 Å². The molecule has 3 heterocycles. The van der Waals surface area contributed by atoms with Crippen molar-refractivity contribution in [1.82, 2.24) is 24.8 Å². The SMILES string of the molecule is Cc1ncc(-c2cc(CC(=O)N3C[C@H](F)C[C@H]3C(=O)Nc3cccc(-c4ccccc4Cl)c3F)cc(-c3cnc(C)nc3)c2)cn1. The van der Waals surface area contributed by atoms with Gasteiger partial charge in [0.1, 0.15) is 23.9 Å². The number of hydrogen-bond acceptors (Lipinski definition) is 6. The topological polar surface area (TPSA) is 101 Å². The molecule has 0 radical (unpaired) electrons. The lowest BCUT2D eigenvalue weighted by atomic mass is 9.97. The molecule has 1 aliphatic rings. The third-order valence-corrected chi connectivity index (χ3v) is 8.20. The lowest BCUT2D eigenvalue weighted by Gasteiger charge is -2.24. The number of alkyl halides is 1. The van der Waals surface area contributed by atoms with Crippen molar-refractivity contribution in [3.8, 4) is 33.4 Å². The molecule has 3 aromatic carbocycles. The van der Waals surface area contributed by atoms with Crippen molar-refractivity contribution in [3.63, 3.8) is 0 Å². The molecular formula is C35H29ClF2N6O2. The summed E-state index contributed by atoms with van der Waals surface area (Å²) in [6.07, 6.45) is 5.10. The number of carbonyl (C=O) groups excluding carboxylic acids is 2. The standard InChI is InChI=1S/C35H29ClF2N6O2/c1-20-39-15-25(16-40-20)23-10-22(11-24(13-23)26-17-41-21(2)42-18-26)12-33(45)44-19-27(37)14-32(44)35(46)43-31-9-5-7-29(34(31)38)28-6-3-4-8-30(28)36/h3-11,13,15-18,27,32H,12,14,19H2,1-2H3,(H,43,46)/t27-,32+/m1/s1. The maximum atomic E-state index is 15.6. The van der Waals surface area contributed by atoms with E-state index < -0.39 is 29.8 Å². The number of halogens is 3. The van der Waals surface area contributed by atoms with E-state index in [1.165, 1.54) is 11.0 Å². The van der Waals surface area contributed by atoms with Gasteiger partial charge in [-0.2, -0.15) is 0 Å². The summed E-state index contributed by atoms with van der Waals surface area (Å²) in [7, 11) is 0. The lowest BCUT2D eigenvalue weighted by Crippen LogP contribution is -2.44. The highest BCUT2D eigenvalue weighted by Gasteiger charge is 2.40. The van der Waals surface area contributed by atoms with E-state index in [0.29, 0.717) is 27.8 Å². The fourth-order valence-corrected chi connectivity index (χ4v) is 5.77. The number of amides is 2. The summed E-state index contributed by atoms with van der Waals surface area (Å²) in [5, 5.41) is 2.93. The molecule has 1 aliphatic heterocycles. The molecule has 232 valence electrons. The van der Waals surface area contributed by atoms with Gasteiger partial charge in [-0.25, -0.2) is 28.7 Å². The lowest BCUT2D eigenvalue weighted by molar-refractivity contribution is -0.136. The molecule has 8 nitrogen and oxygen atoms in total. The van der Waals surface area contributed by atoms with Crippen molar-refractivity contribution in [1.29, 1.82) is 0 Å². The molecular weight excluding hydrogens is 610 g/mol. The van der Waals surface area contributed by atoms with Crippen LogP contribution in [0, 0.1) is 19.7 Å². The largest absolute Gasteiger partial charge is 0.327 e. The summed E-state index contributed by atoms with van der Waals surface area (Å²) in [4.78, 5) is 45.6. The molecule has 0 saturated carbocycles. The first kappa shape index (κ1) is 30.9. The van der Waals surface area contributed by atoms with Gasteiger partial charge in [0, 0.05) is 58.5 Å². The van der Waals surface area contributed by atoms with Crippen molar-refractivity contribution in [3.05, 3.63) is 114 Å². The number of benzene rings is 3. The summed E-state index contributed by atoms with van der Waals surface area (Å²) >= 11 is 6.28. The number of likely N-dealkylation sites (tertiary alicyclic amines) is 1. The summed E-state index contributed by atoms with van der Waals surface area (Å²) in [6.45, 7) is 3.33. The van der Waals surface area contributed by atoms with Crippen LogP contribution < -0.4 is 5.32 Å². The molecule has 46 heavy (non-hydrogen) atoms. The maximum absolute atomic E-state index is 15.6. The molecule has 0 unspecified atom stereocenters. The van der Waals surface area contributed by atoms with Crippen LogP contribution in [-0.4, -0.2) is 55.4 Å². The second-order valence-corrected chi connectivity index (χ2v) is 11.6. The minimum atomic E-state index is -1.41. The summed E-state index contributed by atoms with van der Waals surface area (Å²) in [6, 6.07) is 15.9. The van der Waals surface area contributed by atoms with Crippen LogP contribution in [0.3, 0.4) is 0 Å². The highest BCUT2D eigenvalue weighted by Crippen LogP contribution is 2.34. The number of rotatable bonds is 7. The van der Waals surface area contributed by atoms with Crippen LogP contribution in [0.2, 0.25) is 5.02 Å². The van der Waals surface area contributed by atoms with E-state index in [1.807, 2.05) is 18.2 Å². The Bertz CT molecular complexity index is 1860. The van der Waals surface area contributed by atoms with Crippen LogP contribution in [0.4, 0.5) is 14.5 Å². The average Bonchev–Trinajstić information content (AvgIpc) is 3.45. The number of anilines is 1. The minimum absolute atomic E-state index is 0.0879. The van der Waals surface area contributed by atoms with E-state index in [0.717, 1.165) is 22.3 Å². The van der Waals surface area contributed by atoms with Crippen LogP contribution in [-0.2, 0) is 16.0 Å². The highest BCUT2D eigenvalue weighted by atomic mass is 35.5. The first-order chi connectivity index (χ1) is 22.2. The maximum Gasteiger partial charge on any atom is 0.247 e. The summed E-state index contributed by atoms with van der Waals surface area (Å²) in [5.41, 5.74) is 4.27. The van der Waals surface area contributed by atoms with Crippen LogP contribution in [0.1, 0.15) is 23.6 Å². The van der Waals surface area contributed by atoms with E-state index in [2.05, 4.69) is 25.3 Å². The molecule has 1 N–H and O–H groups in total. The van der Waals surface area contributed by atoms with Gasteiger partial charge in [0.2, 0.25) is 11.8 Å². The van der Waals surface area contributed by atoms with E-state index in [9.17, 15) is 14.0 Å². The molecule has 2 atom stereocenters. The predicted octanol–water partition coefficient (Wildman–Crippen LogP) is 6.80. The first-order valence-corrected chi connectivity index (χ1v) is 15.0. The molecule has 1 fully saturated rings. The number of aromatic nitrogens is 4. The average molecular weight is 639 g/mol. The van der Waals surface area contributed by atoms with Gasteiger partial charge in [-0.1, -0.05) is 54.1 Å². The fraction of sp³-hybridized carbons (Fsp3) is 0.200. The Hall–Kier alpha value is -5.09. The van der Waals surface area contributed by atoms with Gasteiger partial charge in [-0.15, -0.1) is 0 Å². The van der Waals surface area contributed by atoms with Crippen molar-refractivity contribution < 1.29 is 18.4 Å². The van der Waals surface area contributed by atoms with Gasteiger partial charge < -0.3 is 10.2 Å². The number of carbonyl (C=O) groups is 2. The smallest absolute Gasteiger partial charge is 0.247 e. The molecule has 6 rings (SSSR count). The van der Waals surface area contributed by atoms with Crippen LogP contribution in [0.25, 0.3) is 33.4 Å². The molecule has 0 spiro atoms. The van der Waals surface area contributed by atoms with E-state index in [4.69, 9.17) is 11.6 Å². The second kappa shape index (κ2) is 13.1. The Morgan fingerprint density at radius 2 is 1.43 bits per heavy atom. The van der Waals surface area contributed by atoms with Gasteiger partial charge in [0.25, 0.3) is 0 Å². The quantitative estimate of drug-likeness (QED) is 0.211. The van der Waals surface area contributed by atoms with Crippen molar-refractivity contribution in [2.24, 2.45) is 0 Å². The third kappa shape index (κ3) is 6.62. The number of nitrogens with zero attached hydrogens (tertiary/aromatic N) is 5. The van der Waals surface area contributed by atoms with Crippen LogP contribution in [0.5, 0.6) is 0 Å². The molecule has 11 heteroatoms. The van der Waals surface area contributed by atoms with Gasteiger partial charge in [0.15, 0.2) is 5.82 Å². The van der Waals surface area contributed by atoms with Gasteiger partial charge in [-0.05, 0) is 48.7 Å². The molecule has 1 saturated heterocycles. The third-order valence-electron chi connectivity index (χ3n) is 7.87. The van der Waals surface area contributed by atoms with Gasteiger partial charge in [-0.3, -0.25) is 9.59 Å². The Kier molecular flexibility index (Phi) is 8.81. The molecule has 0 aliphatic carbocycles. The minimum Gasteiger partial charge on any atom is -0.327 e. The van der Waals surface area contributed by atoms with Crippen molar-refractivity contribution >= 4 is 29.1 Å². The predicted molar refractivity (Wildman–Crippen MR) is 172 cm³/mol. The molecule has 0 bridgehead atoms. The number of aryl methyl sites for hydroxylation is 2. The van der Waals surface area contributed by atoms with Gasteiger partial charge >= 0.3 is 0 Å². The summed E-state index contributed by atoms with van der Waals surface area (Å²) < 4.78 is 30.3. The Morgan fingerprint density at radius 1 is 0.848 bits per heavy atom. The van der Waals surface area contributed by atoms with Crippen LogP contribution >= 0.6 is 11.6 Å². The Morgan fingerprint density at radius 3 is 2.04 bits per heavy atom. The number of hydrogen-bond donors (Lipinski definition) is 1. The second-order valence-electron chi connectivity index (χ2n) is 11.2. The van der Waals surface area contributed by atoms with Crippen molar-refractivity contribution in [2.75, 3.05) is 11.9 Å². The first-order valence-electron chi connectivity index (χ1n) is 14.7. The molecule has 5 aromatic rings. The zero-order valence-corrected chi connectivity index (χ0v) is 25.8. The van der Waals surface area contributed by atoms with E-state index in [-0.39, 0.29) is 30.6 Å². The Labute approximate surface area is 269 Å². The van der Waals surface area contributed by atoms with Gasteiger partial charge in [0.05, 0.1) is 18.7 Å². The Balaban J connectivity index is 1.26. The zero-order valence-electron chi connectivity index (χ0n) is 25.0. The highest BCUT2D eigenvalue weighted by molar-refractivity contribution is 6.33. The molecule has 2 amide bonds. The van der Waals surface area contributed by atoms with E-state index in [1.54, 1.807) is 75.0 Å². The normalized spacial score (nSPS) is 16.0. The molecule has 2 aromatic heterocycles. The number of nitrogens with one attached hydrogen (secondary N) is 1. The fourth-order valence-electron chi connectivity index (χ4n) is 5.53. The van der Waals surface area contributed by atoms with E-state index >= 15 is 4.39 Å².